The lowest BCUT2D eigenvalue weighted by Gasteiger charge is -2.13. The first kappa shape index (κ1) is 16.3. The van der Waals surface area contributed by atoms with Gasteiger partial charge in [0.05, 0.1) is 5.69 Å². The number of H-pyrrole nitrogens is 1. The number of imidazole rings is 1. The SMILES string of the molecule is Cc1nccn1-c1ccccc1CNC(=O)c1cc2c([nH]c1=O)CCC2. The summed E-state index contributed by atoms with van der Waals surface area (Å²) in [6.07, 6.45) is 6.45. The average Bonchev–Trinajstić information content (AvgIpc) is 3.27. The molecule has 6 nitrogen and oxygen atoms in total. The van der Waals surface area contributed by atoms with E-state index in [1.54, 1.807) is 12.3 Å². The molecule has 6 heteroatoms. The van der Waals surface area contributed by atoms with Crippen molar-refractivity contribution in [2.24, 2.45) is 0 Å². The van der Waals surface area contributed by atoms with Gasteiger partial charge in [0.25, 0.3) is 11.5 Å². The number of aromatic amines is 1. The van der Waals surface area contributed by atoms with Gasteiger partial charge in [-0.15, -0.1) is 0 Å². The quantitative estimate of drug-likeness (QED) is 0.759. The minimum absolute atomic E-state index is 0.182. The zero-order valence-corrected chi connectivity index (χ0v) is 14.6. The second kappa shape index (κ2) is 6.63. The molecule has 2 N–H and O–H groups in total. The number of carbonyl (C=O) groups is 1. The van der Waals surface area contributed by atoms with Gasteiger partial charge in [0.2, 0.25) is 0 Å². The summed E-state index contributed by atoms with van der Waals surface area (Å²) < 4.78 is 1.98. The molecular weight excluding hydrogens is 328 g/mol. The van der Waals surface area contributed by atoms with Gasteiger partial charge in [0.1, 0.15) is 11.4 Å². The average molecular weight is 348 g/mol. The van der Waals surface area contributed by atoms with Crippen LogP contribution in [0.4, 0.5) is 0 Å². The van der Waals surface area contributed by atoms with E-state index in [1.165, 1.54) is 0 Å². The van der Waals surface area contributed by atoms with Crippen LogP contribution in [0.3, 0.4) is 0 Å². The number of aromatic nitrogens is 3. The van der Waals surface area contributed by atoms with E-state index in [9.17, 15) is 9.59 Å². The topological polar surface area (TPSA) is 79.8 Å². The van der Waals surface area contributed by atoms with Crippen molar-refractivity contribution in [3.05, 3.63) is 81.3 Å². The number of fused-ring (bicyclic) bond motifs is 1. The van der Waals surface area contributed by atoms with Crippen LogP contribution in [-0.2, 0) is 19.4 Å². The minimum atomic E-state index is -0.349. The van der Waals surface area contributed by atoms with Crippen molar-refractivity contribution in [1.29, 1.82) is 0 Å². The molecular formula is C20H20N4O2. The van der Waals surface area contributed by atoms with Gasteiger partial charge in [-0.1, -0.05) is 18.2 Å². The Morgan fingerprint density at radius 2 is 2.15 bits per heavy atom. The van der Waals surface area contributed by atoms with Crippen LogP contribution in [0.15, 0.2) is 47.5 Å². The Hall–Kier alpha value is -3.15. The van der Waals surface area contributed by atoms with Gasteiger partial charge in [0, 0.05) is 24.6 Å². The van der Waals surface area contributed by atoms with E-state index in [4.69, 9.17) is 0 Å². The molecule has 0 radical (unpaired) electrons. The zero-order chi connectivity index (χ0) is 18.1. The third-order valence-corrected chi connectivity index (χ3v) is 4.85. The summed E-state index contributed by atoms with van der Waals surface area (Å²) in [6.45, 7) is 2.27. The number of aryl methyl sites for hydroxylation is 3. The van der Waals surface area contributed by atoms with Crippen LogP contribution in [0, 0.1) is 6.92 Å². The first-order chi connectivity index (χ1) is 12.6. The number of amides is 1. The molecule has 4 rings (SSSR count). The summed E-state index contributed by atoms with van der Waals surface area (Å²) in [7, 11) is 0. The molecule has 132 valence electrons. The first-order valence-electron chi connectivity index (χ1n) is 8.75. The number of hydrogen-bond donors (Lipinski definition) is 2. The fourth-order valence-electron chi connectivity index (χ4n) is 3.48. The van der Waals surface area contributed by atoms with Gasteiger partial charge in [-0.3, -0.25) is 9.59 Å². The molecule has 0 fully saturated rings. The van der Waals surface area contributed by atoms with E-state index >= 15 is 0 Å². The Kier molecular flexibility index (Phi) is 4.16. The molecule has 1 amide bonds. The highest BCUT2D eigenvalue weighted by atomic mass is 16.2. The molecule has 0 saturated heterocycles. The maximum atomic E-state index is 12.6. The molecule has 2 aromatic heterocycles. The van der Waals surface area contributed by atoms with Crippen molar-refractivity contribution >= 4 is 5.91 Å². The molecule has 3 aromatic rings. The molecule has 0 spiro atoms. The van der Waals surface area contributed by atoms with E-state index in [1.807, 2.05) is 42.0 Å². The van der Waals surface area contributed by atoms with Crippen molar-refractivity contribution in [2.75, 3.05) is 0 Å². The van der Waals surface area contributed by atoms with Gasteiger partial charge in [-0.2, -0.15) is 0 Å². The van der Waals surface area contributed by atoms with Crippen molar-refractivity contribution in [2.45, 2.75) is 32.7 Å². The molecule has 1 aliphatic rings. The Morgan fingerprint density at radius 1 is 1.31 bits per heavy atom. The molecule has 0 aliphatic heterocycles. The zero-order valence-electron chi connectivity index (χ0n) is 14.6. The molecule has 0 bridgehead atoms. The van der Waals surface area contributed by atoms with Gasteiger partial charge in [-0.05, 0) is 49.4 Å². The number of pyridine rings is 1. The molecule has 0 unspecified atom stereocenters. The lowest BCUT2D eigenvalue weighted by atomic mass is 10.1. The second-order valence-electron chi connectivity index (χ2n) is 6.53. The minimum Gasteiger partial charge on any atom is -0.348 e. The van der Waals surface area contributed by atoms with Crippen molar-refractivity contribution < 1.29 is 4.79 Å². The summed E-state index contributed by atoms with van der Waals surface area (Å²) in [6, 6.07) is 9.56. The largest absolute Gasteiger partial charge is 0.348 e. The third-order valence-electron chi connectivity index (χ3n) is 4.85. The van der Waals surface area contributed by atoms with Crippen molar-refractivity contribution in [3.63, 3.8) is 0 Å². The fraction of sp³-hybridized carbons (Fsp3) is 0.250. The molecule has 0 atom stereocenters. The highest BCUT2D eigenvalue weighted by Crippen LogP contribution is 2.19. The van der Waals surface area contributed by atoms with Crippen LogP contribution in [0.2, 0.25) is 0 Å². The van der Waals surface area contributed by atoms with Crippen molar-refractivity contribution in [1.82, 2.24) is 19.9 Å². The predicted molar refractivity (Wildman–Crippen MR) is 98.6 cm³/mol. The summed E-state index contributed by atoms with van der Waals surface area (Å²) in [5, 5.41) is 2.88. The first-order valence-corrected chi connectivity index (χ1v) is 8.75. The number of carbonyl (C=O) groups excluding carboxylic acids is 1. The molecule has 1 aromatic carbocycles. The third kappa shape index (κ3) is 2.94. The van der Waals surface area contributed by atoms with Crippen LogP contribution in [0.1, 0.15) is 39.4 Å². The number of benzene rings is 1. The molecule has 0 saturated carbocycles. The molecule has 26 heavy (non-hydrogen) atoms. The summed E-state index contributed by atoms with van der Waals surface area (Å²) >= 11 is 0. The van der Waals surface area contributed by atoms with Gasteiger partial charge in [0.15, 0.2) is 0 Å². The number of para-hydroxylation sites is 1. The van der Waals surface area contributed by atoms with E-state index < -0.39 is 0 Å². The Balaban J connectivity index is 1.56. The predicted octanol–water partition coefficient (Wildman–Crippen LogP) is 2.29. The number of nitrogens with zero attached hydrogens (tertiary/aromatic N) is 2. The van der Waals surface area contributed by atoms with Gasteiger partial charge < -0.3 is 14.9 Å². The second-order valence-corrected chi connectivity index (χ2v) is 6.53. The monoisotopic (exact) mass is 348 g/mol. The Bertz CT molecular complexity index is 1030. The molecule has 1 aliphatic carbocycles. The van der Waals surface area contributed by atoms with Crippen LogP contribution in [0.5, 0.6) is 0 Å². The smallest absolute Gasteiger partial charge is 0.261 e. The number of nitrogens with one attached hydrogen (secondary N) is 2. The normalized spacial score (nSPS) is 12.8. The fourth-order valence-corrected chi connectivity index (χ4v) is 3.48. The lowest BCUT2D eigenvalue weighted by molar-refractivity contribution is 0.0949. The Morgan fingerprint density at radius 3 is 2.96 bits per heavy atom. The highest BCUT2D eigenvalue weighted by molar-refractivity contribution is 5.94. The maximum Gasteiger partial charge on any atom is 0.261 e. The van der Waals surface area contributed by atoms with Gasteiger partial charge >= 0.3 is 0 Å². The summed E-state index contributed by atoms with van der Waals surface area (Å²) in [5.74, 6) is 0.525. The van der Waals surface area contributed by atoms with Gasteiger partial charge in [-0.25, -0.2) is 4.98 Å². The van der Waals surface area contributed by atoms with Crippen LogP contribution >= 0.6 is 0 Å². The standard InChI is InChI=1S/C20H20N4O2/c1-13-21-9-10-24(13)18-8-3-2-5-15(18)12-22-19(25)16-11-14-6-4-7-17(14)23-20(16)26/h2-3,5,8-11H,4,6-7,12H2,1H3,(H,22,25)(H,23,26). The highest BCUT2D eigenvalue weighted by Gasteiger charge is 2.18. The van der Waals surface area contributed by atoms with E-state index in [-0.39, 0.29) is 17.0 Å². The Labute approximate surface area is 150 Å². The van der Waals surface area contributed by atoms with E-state index in [2.05, 4.69) is 15.3 Å². The number of hydrogen-bond acceptors (Lipinski definition) is 3. The van der Waals surface area contributed by atoms with E-state index in [0.717, 1.165) is 47.6 Å². The van der Waals surface area contributed by atoms with Crippen LogP contribution in [-0.4, -0.2) is 20.4 Å². The number of rotatable bonds is 4. The summed E-state index contributed by atoms with van der Waals surface area (Å²) in [4.78, 5) is 31.9. The van der Waals surface area contributed by atoms with E-state index in [0.29, 0.717) is 6.54 Å². The lowest BCUT2D eigenvalue weighted by Crippen LogP contribution is -2.30. The molecule has 2 heterocycles. The van der Waals surface area contributed by atoms with Crippen LogP contribution in [0.25, 0.3) is 5.69 Å². The van der Waals surface area contributed by atoms with Crippen molar-refractivity contribution in [3.8, 4) is 5.69 Å². The maximum absolute atomic E-state index is 12.6. The van der Waals surface area contributed by atoms with Crippen LogP contribution < -0.4 is 10.9 Å². The summed E-state index contributed by atoms with van der Waals surface area (Å²) in [5.41, 5.74) is 3.82.